The molecule has 196 valence electrons. The molecule has 5 nitrogen and oxygen atoms in total. The summed E-state index contributed by atoms with van der Waals surface area (Å²) in [5.41, 5.74) is 6.99. The summed E-state index contributed by atoms with van der Waals surface area (Å²) in [5.74, 6) is 1.14. The fourth-order valence-electron chi connectivity index (χ4n) is 4.71. The van der Waals surface area contributed by atoms with Crippen molar-refractivity contribution in [2.24, 2.45) is 0 Å². The van der Waals surface area contributed by atoms with Gasteiger partial charge >= 0.3 is 0 Å². The Hall–Kier alpha value is -2.39. The highest BCUT2D eigenvalue weighted by atomic mass is 32.2. The van der Waals surface area contributed by atoms with E-state index in [9.17, 15) is 13.0 Å². The maximum absolute atomic E-state index is 10.4. The van der Waals surface area contributed by atoms with Crippen LogP contribution >= 0.6 is 23.1 Å². The Balaban J connectivity index is 0.000000245. The van der Waals surface area contributed by atoms with Crippen molar-refractivity contribution < 1.29 is 22.3 Å². The van der Waals surface area contributed by atoms with Crippen molar-refractivity contribution in [2.45, 2.75) is 62.3 Å². The molecule has 0 N–H and O–H groups in total. The first-order valence-corrected chi connectivity index (χ1v) is 15.8. The Bertz CT molecular complexity index is 1480. The molecule has 1 aromatic heterocycles. The lowest BCUT2D eigenvalue weighted by Crippen LogP contribution is -2.33. The summed E-state index contributed by atoms with van der Waals surface area (Å²) >= 11 is 3.73. The number of nitrogens with zero attached hydrogens (tertiary/aromatic N) is 1. The van der Waals surface area contributed by atoms with Gasteiger partial charge in [-0.1, -0.05) is 40.2 Å². The summed E-state index contributed by atoms with van der Waals surface area (Å²) in [6.07, 6.45) is 12.6. The van der Waals surface area contributed by atoms with Crippen LogP contribution in [-0.2, 0) is 21.4 Å². The number of benzene rings is 2. The molecular formula is C29H33NO4S3. The van der Waals surface area contributed by atoms with Crippen molar-refractivity contribution >= 4 is 49.5 Å². The number of rotatable bonds is 5. The van der Waals surface area contributed by atoms with E-state index < -0.39 is 10.1 Å². The van der Waals surface area contributed by atoms with E-state index in [4.69, 9.17) is 4.74 Å². The number of hydrogen-bond donors (Lipinski definition) is 0. The minimum atomic E-state index is -4.27. The molecule has 2 aromatic carbocycles. The summed E-state index contributed by atoms with van der Waals surface area (Å²) in [6.45, 7) is 5.08. The van der Waals surface area contributed by atoms with E-state index in [0.29, 0.717) is 0 Å². The van der Waals surface area contributed by atoms with Crippen molar-refractivity contribution in [3.63, 3.8) is 0 Å². The molecule has 0 spiro atoms. The second kappa shape index (κ2) is 12.0. The Labute approximate surface area is 228 Å². The summed E-state index contributed by atoms with van der Waals surface area (Å²) < 4.78 is 40.5. The summed E-state index contributed by atoms with van der Waals surface area (Å²) in [5, 5.41) is 1.38. The molecule has 2 aliphatic rings. The SMILES string of the molecule is CC[n+]1c(C=C2CCC3=C(C=C(OC)CC3)C2)sc2ccc(SC)cc21.Cc1ccc(S(=O)(=O)[O-])cc1. The Morgan fingerprint density at radius 3 is 2.49 bits per heavy atom. The van der Waals surface area contributed by atoms with Crippen molar-refractivity contribution in [1.29, 1.82) is 0 Å². The fourth-order valence-corrected chi connectivity index (χ4v) is 6.82. The van der Waals surface area contributed by atoms with E-state index in [-0.39, 0.29) is 4.90 Å². The molecule has 8 heteroatoms. The number of ether oxygens (including phenoxy) is 1. The van der Waals surface area contributed by atoms with Gasteiger partial charge in [-0.05, 0) is 81.7 Å². The van der Waals surface area contributed by atoms with Crippen LogP contribution in [0.15, 0.2) is 80.8 Å². The molecular weight excluding hydrogens is 523 g/mol. The zero-order valence-electron chi connectivity index (χ0n) is 21.7. The third kappa shape index (κ3) is 6.74. The summed E-state index contributed by atoms with van der Waals surface area (Å²) in [4.78, 5) is 1.16. The minimum Gasteiger partial charge on any atom is -0.744 e. The van der Waals surface area contributed by atoms with E-state index in [1.807, 2.05) is 30.0 Å². The molecule has 0 fully saturated rings. The highest BCUT2D eigenvalue weighted by Crippen LogP contribution is 2.38. The molecule has 3 aromatic rings. The van der Waals surface area contributed by atoms with E-state index in [0.717, 1.165) is 30.7 Å². The molecule has 0 amide bonds. The van der Waals surface area contributed by atoms with Crippen LogP contribution in [0, 0.1) is 6.92 Å². The highest BCUT2D eigenvalue weighted by molar-refractivity contribution is 7.98. The van der Waals surface area contributed by atoms with Crippen LogP contribution in [0.2, 0.25) is 0 Å². The van der Waals surface area contributed by atoms with Gasteiger partial charge < -0.3 is 9.29 Å². The van der Waals surface area contributed by atoms with E-state index >= 15 is 0 Å². The monoisotopic (exact) mass is 555 g/mol. The van der Waals surface area contributed by atoms with Gasteiger partial charge in [-0.25, -0.2) is 8.42 Å². The molecule has 1 heterocycles. The van der Waals surface area contributed by atoms with Gasteiger partial charge in [0.2, 0.25) is 5.52 Å². The second-order valence-electron chi connectivity index (χ2n) is 9.21. The van der Waals surface area contributed by atoms with Crippen LogP contribution in [0.4, 0.5) is 0 Å². The smallest absolute Gasteiger partial charge is 0.262 e. The fraction of sp³-hybridized carbons (Fsp3) is 0.345. The van der Waals surface area contributed by atoms with Crippen molar-refractivity contribution in [3.05, 3.63) is 81.6 Å². The van der Waals surface area contributed by atoms with Gasteiger partial charge in [0.15, 0.2) is 0 Å². The average Bonchev–Trinajstić information content (AvgIpc) is 3.24. The first-order valence-electron chi connectivity index (χ1n) is 12.4. The molecule has 37 heavy (non-hydrogen) atoms. The van der Waals surface area contributed by atoms with Crippen molar-refractivity contribution in [1.82, 2.24) is 0 Å². The highest BCUT2D eigenvalue weighted by Gasteiger charge is 2.23. The third-order valence-electron chi connectivity index (χ3n) is 6.78. The van der Waals surface area contributed by atoms with Crippen molar-refractivity contribution in [2.75, 3.05) is 13.4 Å². The van der Waals surface area contributed by atoms with Gasteiger partial charge in [-0.2, -0.15) is 4.57 Å². The van der Waals surface area contributed by atoms with Gasteiger partial charge in [0.05, 0.1) is 17.8 Å². The van der Waals surface area contributed by atoms with Crippen LogP contribution in [0.3, 0.4) is 0 Å². The lowest BCUT2D eigenvalue weighted by Gasteiger charge is -2.25. The first kappa shape index (κ1) is 27.6. The zero-order valence-corrected chi connectivity index (χ0v) is 24.2. The normalized spacial score (nSPS) is 16.8. The molecule has 0 atom stereocenters. The van der Waals surface area contributed by atoms with Gasteiger partial charge in [-0.3, -0.25) is 0 Å². The van der Waals surface area contributed by atoms with Crippen molar-refractivity contribution in [3.8, 4) is 0 Å². The Kier molecular flexibility index (Phi) is 8.95. The molecule has 0 aliphatic heterocycles. The number of methoxy groups -OCH3 is 1. The average molecular weight is 556 g/mol. The standard InChI is InChI=1S/C22H26NOS2.C7H8O3S/c1-4-23-20-14-19(25-3)9-10-21(20)26-22(23)12-15-5-6-16-7-8-18(24-2)13-17(16)11-15;1-6-2-4-7(5-3-6)11(8,9)10/h9-10,12-14H,4-8,11H2,1-3H3;2-5H,1H3,(H,8,9,10)/q+1;/p-1. The molecule has 0 bridgehead atoms. The number of aromatic nitrogens is 1. The number of aryl methyl sites for hydroxylation is 2. The summed E-state index contributed by atoms with van der Waals surface area (Å²) in [6, 6.07) is 12.6. The molecule has 0 unspecified atom stereocenters. The van der Waals surface area contributed by atoms with Gasteiger partial charge in [0, 0.05) is 23.5 Å². The largest absolute Gasteiger partial charge is 0.744 e. The molecule has 2 aliphatic carbocycles. The molecule has 5 rings (SSSR count). The number of allylic oxidation sites excluding steroid dienone is 5. The van der Waals surface area contributed by atoms with E-state index in [2.05, 4.69) is 48.1 Å². The Morgan fingerprint density at radius 1 is 1.11 bits per heavy atom. The van der Waals surface area contributed by atoms with Crippen LogP contribution in [0.5, 0.6) is 0 Å². The number of hydrogen-bond acceptors (Lipinski definition) is 6. The molecule has 0 saturated carbocycles. The predicted octanol–water partition coefficient (Wildman–Crippen LogP) is 7.02. The lowest BCUT2D eigenvalue weighted by atomic mass is 9.82. The Morgan fingerprint density at radius 2 is 1.84 bits per heavy atom. The summed E-state index contributed by atoms with van der Waals surface area (Å²) in [7, 11) is -2.48. The molecule has 0 saturated heterocycles. The van der Waals surface area contributed by atoms with E-state index in [1.54, 1.807) is 30.4 Å². The first-order chi connectivity index (χ1) is 17.7. The van der Waals surface area contributed by atoms with Gasteiger partial charge in [0.25, 0.3) is 5.01 Å². The maximum atomic E-state index is 10.4. The number of thiazole rings is 1. The second-order valence-corrected chi connectivity index (χ2v) is 12.5. The number of thioether (sulfide) groups is 1. The van der Waals surface area contributed by atoms with E-state index in [1.165, 1.54) is 57.1 Å². The number of fused-ring (bicyclic) bond motifs is 1. The van der Waals surface area contributed by atoms with Crippen LogP contribution in [0.25, 0.3) is 16.3 Å². The third-order valence-corrected chi connectivity index (χ3v) is 9.47. The lowest BCUT2D eigenvalue weighted by molar-refractivity contribution is -0.665. The maximum Gasteiger partial charge on any atom is 0.262 e. The topological polar surface area (TPSA) is 70.3 Å². The van der Waals surface area contributed by atoms with Crippen LogP contribution < -0.4 is 4.57 Å². The predicted molar refractivity (Wildman–Crippen MR) is 152 cm³/mol. The van der Waals surface area contributed by atoms with Crippen LogP contribution in [0.1, 0.15) is 49.6 Å². The quantitative estimate of drug-likeness (QED) is 0.192. The van der Waals surface area contributed by atoms with Crippen LogP contribution in [-0.4, -0.2) is 26.3 Å². The minimum absolute atomic E-state index is 0.178. The van der Waals surface area contributed by atoms with Gasteiger partial charge in [0.1, 0.15) is 21.4 Å². The zero-order chi connectivity index (χ0) is 26.6. The molecule has 0 radical (unpaired) electrons. The van der Waals surface area contributed by atoms with Gasteiger partial charge in [-0.15, -0.1) is 11.8 Å².